The molecule has 4 nitrogen and oxygen atoms in total. The molecule has 2 rings (SSSR count). The molecule has 134 valence electrons. The highest BCUT2D eigenvalue weighted by atomic mass is 16.5. The fourth-order valence-corrected chi connectivity index (χ4v) is 3.66. The van der Waals surface area contributed by atoms with Gasteiger partial charge in [0.25, 0.3) is 0 Å². The van der Waals surface area contributed by atoms with E-state index in [1.165, 1.54) is 14.2 Å². The zero-order chi connectivity index (χ0) is 18.6. The molecule has 1 aliphatic carbocycles. The maximum Gasteiger partial charge on any atom is 0.310 e. The van der Waals surface area contributed by atoms with E-state index in [2.05, 4.69) is 19.1 Å². The summed E-state index contributed by atoms with van der Waals surface area (Å²) in [5.41, 5.74) is 4.41. The molecule has 4 heteroatoms. The van der Waals surface area contributed by atoms with Crippen molar-refractivity contribution < 1.29 is 19.1 Å². The molecule has 0 bridgehead atoms. The minimum absolute atomic E-state index is 0.226. The maximum absolute atomic E-state index is 12.6. The molecule has 0 amide bonds. The Kier molecular flexibility index (Phi) is 6.18. The molecule has 0 spiro atoms. The van der Waals surface area contributed by atoms with Gasteiger partial charge in [0, 0.05) is 5.92 Å². The largest absolute Gasteiger partial charge is 0.469 e. The number of benzene rings is 1. The molecule has 1 aliphatic rings. The fourth-order valence-electron chi connectivity index (χ4n) is 3.66. The van der Waals surface area contributed by atoms with Crippen LogP contribution in [0.2, 0.25) is 0 Å². The molecule has 3 atom stereocenters. The predicted molar refractivity (Wildman–Crippen MR) is 97.7 cm³/mol. The van der Waals surface area contributed by atoms with Gasteiger partial charge in [-0.05, 0) is 43.9 Å². The van der Waals surface area contributed by atoms with Crippen LogP contribution >= 0.6 is 0 Å². The molecule has 0 radical (unpaired) electrons. The Morgan fingerprint density at radius 3 is 2.24 bits per heavy atom. The third kappa shape index (κ3) is 3.84. The van der Waals surface area contributed by atoms with Crippen LogP contribution in [0.25, 0.3) is 5.57 Å². The summed E-state index contributed by atoms with van der Waals surface area (Å²) < 4.78 is 9.97. The number of methoxy groups -OCH3 is 2. The van der Waals surface area contributed by atoms with Crippen molar-refractivity contribution in [2.75, 3.05) is 14.2 Å². The molecule has 0 fully saturated rings. The lowest BCUT2D eigenvalue weighted by molar-refractivity contribution is -0.158. The molecule has 0 saturated heterocycles. The second-order valence-electron chi connectivity index (χ2n) is 6.60. The minimum Gasteiger partial charge on any atom is -0.469 e. The van der Waals surface area contributed by atoms with E-state index in [0.717, 1.165) is 22.3 Å². The predicted octanol–water partition coefficient (Wildman–Crippen LogP) is 3.94. The lowest BCUT2D eigenvalue weighted by Crippen LogP contribution is -2.38. The van der Waals surface area contributed by atoms with Gasteiger partial charge in [0.15, 0.2) is 0 Å². The van der Waals surface area contributed by atoms with Crippen LogP contribution in [0.15, 0.2) is 42.0 Å². The van der Waals surface area contributed by atoms with Gasteiger partial charge in [-0.3, -0.25) is 9.59 Å². The van der Waals surface area contributed by atoms with Crippen LogP contribution in [-0.4, -0.2) is 26.2 Å². The molecule has 0 N–H and O–H groups in total. The summed E-state index contributed by atoms with van der Waals surface area (Å²) in [6.45, 7) is 6.12. The smallest absolute Gasteiger partial charge is 0.310 e. The van der Waals surface area contributed by atoms with Gasteiger partial charge in [-0.2, -0.15) is 0 Å². The summed E-state index contributed by atoms with van der Waals surface area (Å²) in [5, 5.41) is 0. The first-order valence-electron chi connectivity index (χ1n) is 8.48. The molecule has 1 aromatic carbocycles. The van der Waals surface area contributed by atoms with Crippen molar-refractivity contribution in [1.29, 1.82) is 0 Å². The standard InChI is InChI=1S/C21H26O4/c1-13(2)18(15-10-7-6-9-14(15)3)16-11-8-12-17(20(22)24-4)19(16)21(23)25-5/h6-11,16-17,19H,12H2,1-5H3. The number of rotatable bonds is 4. The number of carbonyl (C=O) groups is 2. The first-order chi connectivity index (χ1) is 11.9. The maximum atomic E-state index is 12.6. The Hall–Kier alpha value is -2.36. The van der Waals surface area contributed by atoms with Crippen molar-refractivity contribution in [3.8, 4) is 0 Å². The summed E-state index contributed by atoms with van der Waals surface area (Å²) in [6, 6.07) is 8.09. The molecular weight excluding hydrogens is 316 g/mol. The van der Waals surface area contributed by atoms with Gasteiger partial charge in [0.1, 0.15) is 0 Å². The van der Waals surface area contributed by atoms with E-state index in [4.69, 9.17) is 9.47 Å². The molecule has 25 heavy (non-hydrogen) atoms. The van der Waals surface area contributed by atoms with E-state index in [9.17, 15) is 9.59 Å². The van der Waals surface area contributed by atoms with Gasteiger partial charge in [-0.25, -0.2) is 0 Å². The van der Waals surface area contributed by atoms with Gasteiger partial charge in [0.05, 0.1) is 26.1 Å². The molecule has 0 aliphatic heterocycles. The molecule has 0 aromatic heterocycles. The highest BCUT2D eigenvalue weighted by molar-refractivity contribution is 5.87. The SMILES string of the molecule is COC(=O)C1CC=CC(C(=C(C)C)c2ccccc2C)C1C(=O)OC. The number of hydrogen-bond donors (Lipinski definition) is 0. The van der Waals surface area contributed by atoms with Gasteiger partial charge < -0.3 is 9.47 Å². The molecule has 1 aromatic rings. The number of ether oxygens (including phenoxy) is 2. The third-order valence-corrected chi connectivity index (χ3v) is 4.84. The van der Waals surface area contributed by atoms with Crippen LogP contribution in [0, 0.1) is 24.7 Å². The zero-order valence-corrected chi connectivity index (χ0v) is 15.5. The van der Waals surface area contributed by atoms with Crippen LogP contribution in [0.4, 0.5) is 0 Å². The van der Waals surface area contributed by atoms with Crippen molar-refractivity contribution in [3.63, 3.8) is 0 Å². The Bertz CT molecular complexity index is 710. The monoisotopic (exact) mass is 342 g/mol. The van der Waals surface area contributed by atoms with Gasteiger partial charge in [0.2, 0.25) is 0 Å². The van der Waals surface area contributed by atoms with Gasteiger partial charge >= 0.3 is 11.9 Å². The van der Waals surface area contributed by atoms with Crippen molar-refractivity contribution in [2.24, 2.45) is 17.8 Å². The molecular formula is C21H26O4. The van der Waals surface area contributed by atoms with Gasteiger partial charge in [-0.15, -0.1) is 0 Å². The minimum atomic E-state index is -0.591. The van der Waals surface area contributed by atoms with Crippen LogP contribution in [0.5, 0.6) is 0 Å². The van der Waals surface area contributed by atoms with Crippen LogP contribution in [0.3, 0.4) is 0 Å². The molecule has 3 unspecified atom stereocenters. The Morgan fingerprint density at radius 1 is 1.04 bits per heavy atom. The average Bonchev–Trinajstić information content (AvgIpc) is 2.61. The van der Waals surface area contributed by atoms with Crippen molar-refractivity contribution in [3.05, 3.63) is 53.1 Å². The van der Waals surface area contributed by atoms with E-state index < -0.39 is 11.8 Å². The van der Waals surface area contributed by atoms with Crippen molar-refractivity contribution >= 4 is 17.5 Å². The normalized spacial score (nSPS) is 22.2. The van der Waals surface area contributed by atoms with E-state index in [-0.39, 0.29) is 17.9 Å². The quantitative estimate of drug-likeness (QED) is 0.614. The van der Waals surface area contributed by atoms with Crippen molar-refractivity contribution in [2.45, 2.75) is 27.2 Å². The zero-order valence-electron chi connectivity index (χ0n) is 15.5. The van der Waals surface area contributed by atoms with E-state index in [1.54, 1.807) is 0 Å². The summed E-state index contributed by atoms with van der Waals surface area (Å²) in [6.07, 6.45) is 4.47. The summed E-state index contributed by atoms with van der Waals surface area (Å²) in [5.74, 6) is -2.10. The highest BCUT2D eigenvalue weighted by Crippen LogP contribution is 2.42. The third-order valence-electron chi connectivity index (χ3n) is 4.84. The van der Waals surface area contributed by atoms with Gasteiger partial charge in [-0.1, -0.05) is 42.0 Å². The van der Waals surface area contributed by atoms with Crippen LogP contribution in [-0.2, 0) is 19.1 Å². The number of hydrogen-bond acceptors (Lipinski definition) is 4. The topological polar surface area (TPSA) is 52.6 Å². The Morgan fingerprint density at radius 2 is 1.68 bits per heavy atom. The fraction of sp³-hybridized carbons (Fsp3) is 0.429. The van der Waals surface area contributed by atoms with E-state index in [0.29, 0.717) is 6.42 Å². The first-order valence-corrected chi connectivity index (χ1v) is 8.48. The number of aryl methyl sites for hydroxylation is 1. The number of carbonyl (C=O) groups excluding carboxylic acids is 2. The van der Waals surface area contributed by atoms with E-state index in [1.807, 2.05) is 38.1 Å². The molecule has 0 heterocycles. The van der Waals surface area contributed by atoms with E-state index >= 15 is 0 Å². The lowest BCUT2D eigenvalue weighted by atomic mass is 9.70. The summed E-state index contributed by atoms with van der Waals surface area (Å²) in [7, 11) is 2.72. The first kappa shape index (κ1) is 19.0. The number of allylic oxidation sites excluding steroid dienone is 4. The lowest BCUT2D eigenvalue weighted by Gasteiger charge is -2.34. The van der Waals surface area contributed by atoms with Crippen LogP contribution < -0.4 is 0 Å². The highest BCUT2D eigenvalue weighted by Gasteiger charge is 2.43. The summed E-state index contributed by atoms with van der Waals surface area (Å²) >= 11 is 0. The summed E-state index contributed by atoms with van der Waals surface area (Å²) in [4.78, 5) is 24.8. The second-order valence-corrected chi connectivity index (χ2v) is 6.60. The molecule has 0 saturated carbocycles. The average molecular weight is 342 g/mol. The second kappa shape index (κ2) is 8.15. The Labute approximate surface area is 149 Å². The van der Waals surface area contributed by atoms with Crippen molar-refractivity contribution in [1.82, 2.24) is 0 Å². The Balaban J connectivity index is 2.59. The number of esters is 2. The van der Waals surface area contributed by atoms with Crippen LogP contribution in [0.1, 0.15) is 31.4 Å².